The van der Waals surface area contributed by atoms with Crippen molar-refractivity contribution in [2.75, 3.05) is 13.1 Å². The first-order valence-electron chi connectivity index (χ1n) is 8.51. The molecule has 0 radical (unpaired) electrons. The highest BCUT2D eigenvalue weighted by Gasteiger charge is 2.45. The Bertz CT molecular complexity index is 763. The smallest absolute Gasteiger partial charge is 0.329 e. The molecule has 2 N–H and O–H groups in total. The molecule has 1 aromatic rings. The van der Waals surface area contributed by atoms with Crippen molar-refractivity contribution >= 4 is 21.9 Å². The summed E-state index contributed by atoms with van der Waals surface area (Å²) in [5, 5.41) is 11.8. The second kappa shape index (κ2) is 6.76. The standard InChI is InChI=1S/C17H22N2O5S/c20-15(18-17(16(21)22)9-4-10-17)13-5-7-14(8-6-13)25(23,24)19-11-2-1-3-12-19/h5-8H,1-4,9-12H2,(H,18,20)(H,21,22). The maximum atomic E-state index is 12.6. The van der Waals surface area contributed by atoms with Gasteiger partial charge in [0.25, 0.3) is 5.91 Å². The van der Waals surface area contributed by atoms with Gasteiger partial charge in [-0.2, -0.15) is 4.31 Å². The summed E-state index contributed by atoms with van der Waals surface area (Å²) in [5.41, 5.74) is -0.930. The predicted octanol–water partition coefficient (Wildman–Crippen LogP) is 1.60. The molecule has 2 aliphatic rings. The summed E-state index contributed by atoms with van der Waals surface area (Å²) in [7, 11) is -3.54. The maximum Gasteiger partial charge on any atom is 0.329 e. The molecule has 3 rings (SSSR count). The van der Waals surface area contributed by atoms with Crippen LogP contribution in [-0.2, 0) is 14.8 Å². The third kappa shape index (κ3) is 3.41. The van der Waals surface area contributed by atoms with E-state index in [2.05, 4.69) is 5.32 Å². The highest BCUT2D eigenvalue weighted by Crippen LogP contribution is 2.32. The van der Waals surface area contributed by atoms with E-state index in [1.54, 1.807) is 0 Å². The summed E-state index contributed by atoms with van der Waals surface area (Å²) in [5.74, 6) is -1.53. The monoisotopic (exact) mass is 366 g/mol. The largest absolute Gasteiger partial charge is 0.480 e. The van der Waals surface area contributed by atoms with Gasteiger partial charge in [0.1, 0.15) is 5.54 Å². The van der Waals surface area contributed by atoms with Gasteiger partial charge in [0, 0.05) is 18.7 Å². The summed E-state index contributed by atoms with van der Waals surface area (Å²) < 4.78 is 26.7. The molecule has 1 amide bonds. The van der Waals surface area contributed by atoms with Gasteiger partial charge in [-0.3, -0.25) is 4.79 Å². The van der Waals surface area contributed by atoms with Crippen LogP contribution in [-0.4, -0.2) is 48.3 Å². The number of carbonyl (C=O) groups is 2. The minimum atomic E-state index is -3.54. The van der Waals surface area contributed by atoms with Gasteiger partial charge in [0.15, 0.2) is 0 Å². The highest BCUT2D eigenvalue weighted by atomic mass is 32.2. The summed E-state index contributed by atoms with van der Waals surface area (Å²) in [4.78, 5) is 23.8. The summed E-state index contributed by atoms with van der Waals surface area (Å²) >= 11 is 0. The first-order chi connectivity index (χ1) is 11.8. The molecule has 0 spiro atoms. The Kier molecular flexibility index (Phi) is 4.83. The molecule has 8 heteroatoms. The third-order valence-electron chi connectivity index (χ3n) is 5.04. The Labute approximate surface area is 147 Å². The molecule has 25 heavy (non-hydrogen) atoms. The lowest BCUT2D eigenvalue weighted by Crippen LogP contribution is -2.59. The lowest BCUT2D eigenvalue weighted by Gasteiger charge is -2.38. The quantitative estimate of drug-likeness (QED) is 0.824. The molecule has 0 unspecified atom stereocenters. The van der Waals surface area contributed by atoms with E-state index in [1.807, 2.05) is 0 Å². The molecule has 1 saturated heterocycles. The Morgan fingerprint density at radius 3 is 2.08 bits per heavy atom. The molecular weight excluding hydrogens is 344 g/mol. The van der Waals surface area contributed by atoms with Gasteiger partial charge >= 0.3 is 5.97 Å². The molecule has 0 atom stereocenters. The average Bonchev–Trinajstić information content (AvgIpc) is 2.58. The molecule has 136 valence electrons. The van der Waals surface area contributed by atoms with Gasteiger partial charge in [-0.1, -0.05) is 6.42 Å². The fraction of sp³-hybridized carbons (Fsp3) is 0.529. The second-order valence-corrected chi connectivity index (χ2v) is 8.62. The summed E-state index contributed by atoms with van der Waals surface area (Å²) in [6, 6.07) is 5.68. The van der Waals surface area contributed by atoms with Crippen LogP contribution in [0.15, 0.2) is 29.2 Å². The molecule has 7 nitrogen and oxygen atoms in total. The van der Waals surface area contributed by atoms with Gasteiger partial charge in [0.05, 0.1) is 4.90 Å². The zero-order valence-corrected chi connectivity index (χ0v) is 14.7. The van der Waals surface area contributed by atoms with E-state index < -0.39 is 27.4 Å². The minimum Gasteiger partial charge on any atom is -0.480 e. The molecule has 1 saturated carbocycles. The van der Waals surface area contributed by atoms with E-state index in [0.29, 0.717) is 25.9 Å². The SMILES string of the molecule is O=C(NC1(C(=O)O)CCC1)c1ccc(S(=O)(=O)N2CCCCC2)cc1. The number of carboxylic acid groups (broad SMARTS) is 1. The number of nitrogens with one attached hydrogen (secondary N) is 1. The van der Waals surface area contributed by atoms with Crippen LogP contribution in [0.2, 0.25) is 0 Å². The zero-order chi connectivity index (χ0) is 18.1. The molecule has 1 heterocycles. The molecule has 1 aromatic carbocycles. The normalized spacial score (nSPS) is 20.5. The van der Waals surface area contributed by atoms with Gasteiger partial charge in [-0.15, -0.1) is 0 Å². The highest BCUT2D eigenvalue weighted by molar-refractivity contribution is 7.89. The number of carboxylic acids is 1. The van der Waals surface area contributed by atoms with Crippen molar-refractivity contribution in [2.45, 2.75) is 49.0 Å². The van der Waals surface area contributed by atoms with Crippen LogP contribution in [0, 0.1) is 0 Å². The number of amides is 1. The van der Waals surface area contributed by atoms with Crippen LogP contribution in [0.1, 0.15) is 48.9 Å². The molecule has 0 aromatic heterocycles. The minimum absolute atomic E-state index is 0.155. The van der Waals surface area contributed by atoms with E-state index in [4.69, 9.17) is 0 Å². The van der Waals surface area contributed by atoms with Crippen LogP contribution in [0.25, 0.3) is 0 Å². The lowest BCUT2D eigenvalue weighted by molar-refractivity contribution is -0.148. The Morgan fingerprint density at radius 1 is 1.00 bits per heavy atom. The number of carbonyl (C=O) groups excluding carboxylic acids is 1. The van der Waals surface area contributed by atoms with Crippen LogP contribution < -0.4 is 5.32 Å². The van der Waals surface area contributed by atoms with Crippen molar-refractivity contribution in [1.29, 1.82) is 0 Å². The fourth-order valence-electron chi connectivity index (χ4n) is 3.24. The second-order valence-electron chi connectivity index (χ2n) is 6.68. The number of nitrogens with zero attached hydrogens (tertiary/aromatic N) is 1. The molecule has 1 aliphatic heterocycles. The van der Waals surface area contributed by atoms with Crippen molar-refractivity contribution in [3.8, 4) is 0 Å². The van der Waals surface area contributed by atoms with E-state index in [9.17, 15) is 23.1 Å². The Balaban J connectivity index is 1.73. The first-order valence-corrected chi connectivity index (χ1v) is 9.95. The maximum absolute atomic E-state index is 12.6. The van der Waals surface area contributed by atoms with Gasteiger partial charge in [-0.25, -0.2) is 13.2 Å². The van der Waals surface area contributed by atoms with Crippen molar-refractivity contribution in [3.05, 3.63) is 29.8 Å². The van der Waals surface area contributed by atoms with E-state index in [0.717, 1.165) is 25.7 Å². The van der Waals surface area contributed by atoms with Gasteiger partial charge in [0.2, 0.25) is 10.0 Å². The summed E-state index contributed by atoms with van der Waals surface area (Å²) in [6.45, 7) is 1.04. The summed E-state index contributed by atoms with van der Waals surface area (Å²) in [6.07, 6.45) is 4.34. The number of benzene rings is 1. The zero-order valence-electron chi connectivity index (χ0n) is 13.9. The predicted molar refractivity (Wildman–Crippen MR) is 90.7 cm³/mol. The van der Waals surface area contributed by atoms with Crippen LogP contribution in [0.4, 0.5) is 0 Å². The van der Waals surface area contributed by atoms with E-state index in [-0.39, 0.29) is 10.5 Å². The number of hydrogen-bond acceptors (Lipinski definition) is 4. The fourth-order valence-corrected chi connectivity index (χ4v) is 4.76. The Morgan fingerprint density at radius 2 is 1.60 bits per heavy atom. The van der Waals surface area contributed by atoms with Crippen LogP contribution >= 0.6 is 0 Å². The number of sulfonamides is 1. The molecule has 2 fully saturated rings. The third-order valence-corrected chi connectivity index (χ3v) is 6.95. The topological polar surface area (TPSA) is 104 Å². The van der Waals surface area contributed by atoms with Crippen molar-refractivity contribution in [1.82, 2.24) is 9.62 Å². The molecule has 1 aliphatic carbocycles. The number of aliphatic carboxylic acids is 1. The van der Waals surface area contributed by atoms with Crippen LogP contribution in [0.3, 0.4) is 0 Å². The van der Waals surface area contributed by atoms with Crippen molar-refractivity contribution in [3.63, 3.8) is 0 Å². The van der Waals surface area contributed by atoms with Crippen molar-refractivity contribution in [2.24, 2.45) is 0 Å². The van der Waals surface area contributed by atoms with Gasteiger partial charge < -0.3 is 10.4 Å². The molecule has 0 bridgehead atoms. The van der Waals surface area contributed by atoms with Crippen molar-refractivity contribution < 1.29 is 23.1 Å². The van der Waals surface area contributed by atoms with Gasteiger partial charge in [-0.05, 0) is 56.4 Å². The van der Waals surface area contributed by atoms with E-state index >= 15 is 0 Å². The number of rotatable bonds is 5. The number of piperidine rings is 1. The Hall–Kier alpha value is -1.93. The first kappa shape index (κ1) is 17.9. The average molecular weight is 366 g/mol. The number of hydrogen-bond donors (Lipinski definition) is 2. The van der Waals surface area contributed by atoms with E-state index in [1.165, 1.54) is 28.6 Å². The molecular formula is C17H22N2O5S. The lowest BCUT2D eigenvalue weighted by atomic mass is 9.76. The van der Waals surface area contributed by atoms with Crippen LogP contribution in [0.5, 0.6) is 0 Å².